The maximum Gasteiger partial charge on any atom is 0.573 e. The maximum atomic E-state index is 12.0. The van der Waals surface area contributed by atoms with Gasteiger partial charge in [-0.25, -0.2) is 0 Å². The molecule has 0 aliphatic rings. The van der Waals surface area contributed by atoms with Gasteiger partial charge in [0.15, 0.2) is 0 Å². The topological polar surface area (TPSA) is 53.1 Å². The van der Waals surface area contributed by atoms with Gasteiger partial charge in [-0.3, -0.25) is 4.68 Å². The molecule has 1 heterocycles. The SMILES string of the molecule is Cl.NCCn1cc(-c2ccc(OC(F)(F)F)cc2)cn1. The van der Waals surface area contributed by atoms with Crippen molar-refractivity contribution in [1.29, 1.82) is 0 Å². The highest BCUT2D eigenvalue weighted by Gasteiger charge is 2.30. The van der Waals surface area contributed by atoms with E-state index in [4.69, 9.17) is 5.73 Å². The van der Waals surface area contributed by atoms with E-state index in [9.17, 15) is 13.2 Å². The highest BCUT2D eigenvalue weighted by molar-refractivity contribution is 5.85. The number of rotatable bonds is 4. The van der Waals surface area contributed by atoms with Gasteiger partial charge in [0.1, 0.15) is 5.75 Å². The van der Waals surface area contributed by atoms with E-state index in [2.05, 4.69) is 9.84 Å². The van der Waals surface area contributed by atoms with E-state index in [-0.39, 0.29) is 18.2 Å². The largest absolute Gasteiger partial charge is 0.573 e. The van der Waals surface area contributed by atoms with Crippen molar-refractivity contribution in [2.45, 2.75) is 12.9 Å². The second-order valence-electron chi connectivity index (χ2n) is 3.85. The number of nitrogens with two attached hydrogens (primary N) is 1. The lowest BCUT2D eigenvalue weighted by Crippen LogP contribution is -2.16. The molecule has 0 fully saturated rings. The third-order valence-electron chi connectivity index (χ3n) is 2.41. The molecule has 2 N–H and O–H groups in total. The van der Waals surface area contributed by atoms with Gasteiger partial charge in [0.2, 0.25) is 0 Å². The first kappa shape index (κ1) is 16.3. The molecule has 20 heavy (non-hydrogen) atoms. The minimum absolute atomic E-state index is 0. The van der Waals surface area contributed by atoms with Crippen molar-refractivity contribution >= 4 is 12.4 Å². The molecule has 0 saturated carbocycles. The molecule has 0 radical (unpaired) electrons. The van der Waals surface area contributed by atoms with Crippen molar-refractivity contribution in [1.82, 2.24) is 9.78 Å². The third kappa shape index (κ3) is 4.43. The Kier molecular flexibility index (Phi) is 5.41. The standard InChI is InChI=1S/C12H12F3N3O.ClH/c13-12(14,15)19-11-3-1-9(2-4-11)10-7-17-18(8-10)6-5-16;/h1-4,7-8H,5-6,16H2;1H. The lowest BCUT2D eigenvalue weighted by atomic mass is 10.1. The first-order chi connectivity index (χ1) is 8.98. The van der Waals surface area contributed by atoms with Crippen molar-refractivity contribution < 1.29 is 17.9 Å². The predicted molar refractivity (Wildman–Crippen MR) is 70.6 cm³/mol. The Hall–Kier alpha value is -1.73. The van der Waals surface area contributed by atoms with Crippen LogP contribution in [-0.4, -0.2) is 22.7 Å². The summed E-state index contributed by atoms with van der Waals surface area (Å²) < 4.78 is 41.5. The quantitative estimate of drug-likeness (QED) is 0.945. The second kappa shape index (κ2) is 6.62. The van der Waals surface area contributed by atoms with Gasteiger partial charge in [0, 0.05) is 18.3 Å². The summed E-state index contributed by atoms with van der Waals surface area (Å²) in [6.45, 7) is 1.06. The molecular weight excluding hydrogens is 295 g/mol. The summed E-state index contributed by atoms with van der Waals surface area (Å²) in [4.78, 5) is 0. The molecule has 8 heteroatoms. The summed E-state index contributed by atoms with van der Waals surface area (Å²) in [6, 6.07) is 5.63. The summed E-state index contributed by atoms with van der Waals surface area (Å²) in [5.41, 5.74) is 6.98. The molecule has 0 saturated heterocycles. The Balaban J connectivity index is 0.00000200. The molecule has 0 aliphatic heterocycles. The van der Waals surface area contributed by atoms with Crippen molar-refractivity contribution in [2.75, 3.05) is 6.54 Å². The summed E-state index contributed by atoms with van der Waals surface area (Å²) in [5, 5.41) is 4.09. The van der Waals surface area contributed by atoms with Crippen LogP contribution in [0.25, 0.3) is 11.1 Å². The van der Waals surface area contributed by atoms with Gasteiger partial charge >= 0.3 is 6.36 Å². The van der Waals surface area contributed by atoms with Gasteiger partial charge in [0.25, 0.3) is 0 Å². The van der Waals surface area contributed by atoms with Crippen molar-refractivity contribution in [2.24, 2.45) is 5.73 Å². The Morgan fingerprint density at radius 2 is 1.80 bits per heavy atom. The van der Waals surface area contributed by atoms with Crippen LogP contribution in [0.4, 0.5) is 13.2 Å². The average Bonchev–Trinajstić information content (AvgIpc) is 2.77. The van der Waals surface area contributed by atoms with Crippen molar-refractivity contribution in [3.8, 4) is 16.9 Å². The molecular formula is C12H13ClF3N3O. The molecule has 0 unspecified atom stereocenters. The van der Waals surface area contributed by atoms with Gasteiger partial charge in [-0.2, -0.15) is 5.10 Å². The Morgan fingerprint density at radius 3 is 2.35 bits per heavy atom. The van der Waals surface area contributed by atoms with Crippen LogP contribution in [0.2, 0.25) is 0 Å². The number of aromatic nitrogens is 2. The number of halogens is 4. The van der Waals surface area contributed by atoms with Gasteiger partial charge in [-0.05, 0) is 17.7 Å². The first-order valence-electron chi connectivity index (χ1n) is 5.56. The molecule has 1 aromatic heterocycles. The highest BCUT2D eigenvalue weighted by Crippen LogP contribution is 2.26. The molecule has 110 valence electrons. The van der Waals surface area contributed by atoms with Crippen LogP contribution in [0.15, 0.2) is 36.7 Å². The fourth-order valence-corrected chi connectivity index (χ4v) is 1.62. The maximum absolute atomic E-state index is 12.0. The van der Waals surface area contributed by atoms with E-state index < -0.39 is 6.36 Å². The van der Waals surface area contributed by atoms with Gasteiger partial charge in [0.05, 0.1) is 12.7 Å². The summed E-state index contributed by atoms with van der Waals surface area (Å²) in [7, 11) is 0. The second-order valence-corrected chi connectivity index (χ2v) is 3.85. The zero-order chi connectivity index (χ0) is 13.9. The average molecular weight is 308 g/mol. The number of hydrogen-bond acceptors (Lipinski definition) is 3. The fraction of sp³-hybridized carbons (Fsp3) is 0.250. The minimum Gasteiger partial charge on any atom is -0.406 e. The Morgan fingerprint density at radius 1 is 1.15 bits per heavy atom. The molecule has 0 spiro atoms. The van der Waals surface area contributed by atoms with Crippen LogP contribution >= 0.6 is 12.4 Å². The van der Waals surface area contributed by atoms with Gasteiger partial charge in [-0.15, -0.1) is 25.6 Å². The molecule has 0 aliphatic carbocycles. The van der Waals surface area contributed by atoms with Crippen molar-refractivity contribution in [3.05, 3.63) is 36.7 Å². The molecule has 4 nitrogen and oxygen atoms in total. The van der Waals surface area contributed by atoms with E-state index >= 15 is 0 Å². The number of hydrogen-bond donors (Lipinski definition) is 1. The highest BCUT2D eigenvalue weighted by atomic mass is 35.5. The lowest BCUT2D eigenvalue weighted by molar-refractivity contribution is -0.274. The third-order valence-corrected chi connectivity index (χ3v) is 2.41. The molecule has 0 amide bonds. The van der Waals surface area contributed by atoms with Gasteiger partial charge in [-0.1, -0.05) is 12.1 Å². The van der Waals surface area contributed by atoms with Crippen LogP contribution in [0.1, 0.15) is 0 Å². The normalized spacial score (nSPS) is 11.0. The van der Waals surface area contributed by atoms with Crippen LogP contribution in [-0.2, 0) is 6.54 Å². The summed E-state index contributed by atoms with van der Waals surface area (Å²) >= 11 is 0. The molecule has 1 aromatic carbocycles. The monoisotopic (exact) mass is 307 g/mol. The van der Waals surface area contributed by atoms with Crippen molar-refractivity contribution in [3.63, 3.8) is 0 Å². The Bertz CT molecular complexity index is 540. The van der Waals surface area contributed by atoms with Crippen LogP contribution < -0.4 is 10.5 Å². The van der Waals surface area contributed by atoms with E-state index in [1.165, 1.54) is 12.1 Å². The molecule has 2 aromatic rings. The lowest BCUT2D eigenvalue weighted by Gasteiger charge is -2.08. The van der Waals surface area contributed by atoms with Crippen LogP contribution in [0.5, 0.6) is 5.75 Å². The number of ether oxygens (including phenoxy) is 1. The van der Waals surface area contributed by atoms with E-state index in [1.54, 1.807) is 29.2 Å². The minimum atomic E-state index is -4.67. The summed E-state index contributed by atoms with van der Waals surface area (Å²) in [5.74, 6) is -0.245. The number of benzene rings is 1. The molecule has 0 atom stereocenters. The van der Waals surface area contributed by atoms with Gasteiger partial charge < -0.3 is 10.5 Å². The van der Waals surface area contributed by atoms with E-state index in [0.29, 0.717) is 13.1 Å². The Labute approximate surface area is 119 Å². The van der Waals surface area contributed by atoms with Crippen LogP contribution in [0.3, 0.4) is 0 Å². The number of alkyl halides is 3. The zero-order valence-electron chi connectivity index (χ0n) is 10.3. The first-order valence-corrected chi connectivity index (χ1v) is 5.56. The predicted octanol–water partition coefficient (Wildman–Crippen LogP) is 2.83. The van der Waals surface area contributed by atoms with E-state index in [1.807, 2.05) is 0 Å². The molecule has 0 bridgehead atoms. The van der Waals surface area contributed by atoms with Crippen LogP contribution in [0, 0.1) is 0 Å². The summed E-state index contributed by atoms with van der Waals surface area (Å²) in [6.07, 6.45) is -1.25. The fourth-order valence-electron chi connectivity index (χ4n) is 1.62. The zero-order valence-corrected chi connectivity index (χ0v) is 11.1. The van der Waals surface area contributed by atoms with E-state index in [0.717, 1.165) is 11.1 Å². The molecule has 2 rings (SSSR count). The smallest absolute Gasteiger partial charge is 0.406 e. The number of nitrogens with zero attached hydrogens (tertiary/aromatic N) is 2.